The third-order valence-corrected chi connectivity index (χ3v) is 6.09. The molecule has 7 heteroatoms. The van der Waals surface area contributed by atoms with Gasteiger partial charge in [-0.25, -0.2) is 0 Å². The van der Waals surface area contributed by atoms with Crippen molar-refractivity contribution in [1.82, 2.24) is 20.0 Å². The molecule has 1 amide bonds. The Morgan fingerprint density at radius 1 is 1.20 bits per heavy atom. The van der Waals surface area contributed by atoms with Crippen LogP contribution in [0.5, 0.6) is 0 Å². The number of likely N-dealkylation sites (N-methyl/N-ethyl adjacent to an activating group) is 1. The summed E-state index contributed by atoms with van der Waals surface area (Å²) in [6.07, 6.45) is 5.93. The summed E-state index contributed by atoms with van der Waals surface area (Å²) in [6, 6.07) is 7.87. The van der Waals surface area contributed by atoms with Gasteiger partial charge in [-0.05, 0) is 43.7 Å². The van der Waals surface area contributed by atoms with Gasteiger partial charge in [0.1, 0.15) is 11.9 Å². The molecule has 1 unspecified atom stereocenters. The molecule has 1 aromatic carbocycles. The van der Waals surface area contributed by atoms with Gasteiger partial charge >= 0.3 is 0 Å². The van der Waals surface area contributed by atoms with E-state index in [9.17, 15) is 4.79 Å². The maximum absolute atomic E-state index is 13.3. The quantitative estimate of drug-likeness (QED) is 0.755. The number of amides is 1. The predicted molar refractivity (Wildman–Crippen MR) is 120 cm³/mol. The number of halogens is 1. The van der Waals surface area contributed by atoms with E-state index in [1.165, 1.54) is 0 Å². The Labute approximate surface area is 183 Å². The van der Waals surface area contributed by atoms with Crippen LogP contribution >= 0.6 is 11.6 Å². The van der Waals surface area contributed by atoms with E-state index in [4.69, 9.17) is 16.3 Å². The van der Waals surface area contributed by atoms with E-state index in [1.807, 2.05) is 55.2 Å². The lowest BCUT2D eigenvalue weighted by molar-refractivity contribution is -0.128. The molecule has 1 fully saturated rings. The number of nitrogens with one attached hydrogen (secondary N) is 1. The first-order chi connectivity index (χ1) is 14.6. The zero-order chi connectivity index (χ0) is 21.1. The molecule has 30 heavy (non-hydrogen) atoms. The minimum atomic E-state index is -0.0776. The number of hydrogen-bond donors (Lipinski definition) is 1. The van der Waals surface area contributed by atoms with E-state index in [0.29, 0.717) is 23.8 Å². The van der Waals surface area contributed by atoms with Crippen LogP contribution in [-0.4, -0.2) is 72.7 Å². The average Bonchev–Trinajstić information content (AvgIpc) is 3.14. The van der Waals surface area contributed by atoms with Crippen LogP contribution in [0.2, 0.25) is 5.02 Å². The number of nitrogens with zero attached hydrogens (tertiary/aromatic N) is 3. The Kier molecular flexibility index (Phi) is 6.46. The summed E-state index contributed by atoms with van der Waals surface area (Å²) >= 11 is 6.12. The first-order valence-electron chi connectivity index (χ1n) is 10.6. The van der Waals surface area contributed by atoms with Crippen molar-refractivity contribution in [1.29, 1.82) is 0 Å². The third-order valence-electron chi connectivity index (χ3n) is 5.84. The maximum atomic E-state index is 13.3. The second kappa shape index (κ2) is 9.25. The molecule has 1 atom stereocenters. The molecule has 0 aromatic heterocycles. The van der Waals surface area contributed by atoms with Crippen LogP contribution in [0, 0.1) is 0 Å². The summed E-state index contributed by atoms with van der Waals surface area (Å²) in [5.74, 6) is 0.0629. The Morgan fingerprint density at radius 3 is 2.57 bits per heavy atom. The molecule has 3 aliphatic rings. The standard InChI is InChI=1S/C23H29ClN4O2/c1-3-27(4-2)23(29)19-6-5-7-21-25-22(17-8-10-18(24)11-9-17)20(28(19)21)16-26-12-14-30-15-13-26/h5-11,21,25H,3-4,12-16H2,1-2H3. The lowest BCUT2D eigenvalue weighted by Gasteiger charge is -2.35. The summed E-state index contributed by atoms with van der Waals surface area (Å²) < 4.78 is 5.53. The molecule has 1 aromatic rings. The molecule has 3 heterocycles. The number of carbonyl (C=O) groups is 1. The van der Waals surface area contributed by atoms with E-state index in [-0.39, 0.29) is 12.1 Å². The number of carbonyl (C=O) groups excluding carboxylic acids is 1. The summed E-state index contributed by atoms with van der Waals surface area (Å²) in [7, 11) is 0. The Hall–Kier alpha value is -2.28. The average molecular weight is 429 g/mol. The fraction of sp³-hybridized carbons (Fsp3) is 0.435. The number of morpholine rings is 1. The third kappa shape index (κ3) is 4.13. The smallest absolute Gasteiger partial charge is 0.270 e. The van der Waals surface area contributed by atoms with Gasteiger partial charge in [0, 0.05) is 37.7 Å². The normalized spacial score (nSPS) is 21.4. The van der Waals surface area contributed by atoms with Gasteiger partial charge < -0.3 is 19.9 Å². The fourth-order valence-corrected chi connectivity index (χ4v) is 4.31. The van der Waals surface area contributed by atoms with Crippen molar-refractivity contribution >= 4 is 23.2 Å². The molecule has 0 spiro atoms. The lowest BCUT2D eigenvalue weighted by atomic mass is 10.1. The zero-order valence-electron chi connectivity index (χ0n) is 17.6. The van der Waals surface area contributed by atoms with Gasteiger partial charge in [-0.3, -0.25) is 9.69 Å². The number of hydrogen-bond acceptors (Lipinski definition) is 5. The molecule has 0 bridgehead atoms. The number of ether oxygens (including phenoxy) is 1. The summed E-state index contributed by atoms with van der Waals surface area (Å²) in [4.78, 5) is 19.7. The molecule has 4 rings (SSSR count). The Balaban J connectivity index is 1.73. The van der Waals surface area contributed by atoms with Crippen molar-refractivity contribution in [3.63, 3.8) is 0 Å². The minimum absolute atomic E-state index is 0.0629. The number of rotatable bonds is 6. The lowest BCUT2D eigenvalue weighted by Crippen LogP contribution is -2.46. The molecular formula is C23H29ClN4O2. The van der Waals surface area contributed by atoms with Crippen molar-refractivity contribution in [2.75, 3.05) is 45.9 Å². The molecule has 1 N–H and O–H groups in total. The monoisotopic (exact) mass is 428 g/mol. The number of fused-ring (bicyclic) bond motifs is 1. The highest BCUT2D eigenvalue weighted by Crippen LogP contribution is 2.35. The SMILES string of the molecule is CCN(CC)C(=O)C1=CC=CC2NC(c3ccc(Cl)cc3)=C(CN3CCOCC3)N12. The molecular weight excluding hydrogens is 400 g/mol. The Bertz CT molecular complexity index is 868. The maximum Gasteiger partial charge on any atom is 0.270 e. The Morgan fingerprint density at radius 2 is 1.90 bits per heavy atom. The number of benzene rings is 1. The van der Waals surface area contributed by atoms with Crippen LogP contribution < -0.4 is 5.32 Å². The van der Waals surface area contributed by atoms with Crippen LogP contribution in [0.25, 0.3) is 5.70 Å². The van der Waals surface area contributed by atoms with Crippen molar-refractivity contribution in [2.24, 2.45) is 0 Å². The first-order valence-corrected chi connectivity index (χ1v) is 11.0. The largest absolute Gasteiger partial charge is 0.379 e. The number of allylic oxidation sites excluding steroid dienone is 2. The minimum Gasteiger partial charge on any atom is -0.379 e. The zero-order valence-corrected chi connectivity index (χ0v) is 18.4. The topological polar surface area (TPSA) is 48.1 Å². The van der Waals surface area contributed by atoms with Crippen molar-refractivity contribution in [3.8, 4) is 0 Å². The van der Waals surface area contributed by atoms with E-state index < -0.39 is 0 Å². The van der Waals surface area contributed by atoms with Gasteiger partial charge in [0.25, 0.3) is 5.91 Å². The van der Waals surface area contributed by atoms with Crippen molar-refractivity contribution < 1.29 is 9.53 Å². The van der Waals surface area contributed by atoms with Crippen LogP contribution in [0.1, 0.15) is 19.4 Å². The van der Waals surface area contributed by atoms with Crippen LogP contribution in [0.15, 0.2) is 53.9 Å². The summed E-state index contributed by atoms with van der Waals surface area (Å²) in [6.45, 7) is 9.41. The van der Waals surface area contributed by atoms with Gasteiger partial charge in [0.15, 0.2) is 0 Å². The summed E-state index contributed by atoms with van der Waals surface area (Å²) in [5.41, 5.74) is 3.94. The van der Waals surface area contributed by atoms with E-state index in [2.05, 4.69) is 21.2 Å². The van der Waals surface area contributed by atoms with Crippen molar-refractivity contribution in [3.05, 3.63) is 64.5 Å². The van der Waals surface area contributed by atoms with Crippen molar-refractivity contribution in [2.45, 2.75) is 20.0 Å². The fourth-order valence-electron chi connectivity index (χ4n) is 4.19. The second-order valence-electron chi connectivity index (χ2n) is 7.59. The van der Waals surface area contributed by atoms with Gasteiger partial charge in [0.2, 0.25) is 0 Å². The van der Waals surface area contributed by atoms with E-state index in [1.54, 1.807) is 0 Å². The molecule has 160 valence electrons. The van der Waals surface area contributed by atoms with Gasteiger partial charge in [-0.2, -0.15) is 0 Å². The highest BCUT2D eigenvalue weighted by atomic mass is 35.5. The summed E-state index contributed by atoms with van der Waals surface area (Å²) in [5, 5.41) is 4.34. The van der Waals surface area contributed by atoms with Gasteiger partial charge in [0.05, 0.1) is 24.6 Å². The molecule has 3 aliphatic heterocycles. The molecule has 0 saturated carbocycles. The highest BCUT2D eigenvalue weighted by Gasteiger charge is 2.38. The van der Waals surface area contributed by atoms with Crippen LogP contribution in [0.4, 0.5) is 0 Å². The van der Waals surface area contributed by atoms with E-state index >= 15 is 0 Å². The highest BCUT2D eigenvalue weighted by molar-refractivity contribution is 6.30. The molecule has 6 nitrogen and oxygen atoms in total. The molecule has 0 aliphatic carbocycles. The van der Waals surface area contributed by atoms with E-state index in [0.717, 1.165) is 49.8 Å². The van der Waals surface area contributed by atoms with Gasteiger partial charge in [-0.15, -0.1) is 0 Å². The van der Waals surface area contributed by atoms with Gasteiger partial charge in [-0.1, -0.05) is 29.8 Å². The van der Waals surface area contributed by atoms with Crippen LogP contribution in [0.3, 0.4) is 0 Å². The van der Waals surface area contributed by atoms with Crippen LogP contribution in [-0.2, 0) is 9.53 Å². The molecule has 1 saturated heterocycles. The molecule has 0 radical (unpaired) electrons. The second-order valence-corrected chi connectivity index (χ2v) is 8.03. The first kappa shape index (κ1) is 21.0. The predicted octanol–water partition coefficient (Wildman–Crippen LogP) is 2.89.